The van der Waals surface area contributed by atoms with Crippen molar-refractivity contribution in [2.45, 2.75) is 39.7 Å². The molecule has 4 rings (SSSR count). The summed E-state index contributed by atoms with van der Waals surface area (Å²) in [6, 6.07) is 7.96. The van der Waals surface area contributed by atoms with E-state index in [0.717, 1.165) is 80.8 Å². The fraction of sp³-hybridized carbons (Fsp3) is 0.545. The highest BCUT2D eigenvalue weighted by atomic mass is 16.2. The van der Waals surface area contributed by atoms with Crippen LogP contribution in [0.25, 0.3) is 10.9 Å². The summed E-state index contributed by atoms with van der Waals surface area (Å²) < 4.78 is 2.14. The third-order valence-corrected chi connectivity index (χ3v) is 5.89. The maximum Gasteiger partial charge on any atom is 0.270 e. The number of amides is 2. The number of hydrogen-bond donors (Lipinski definition) is 1. The van der Waals surface area contributed by atoms with Crippen molar-refractivity contribution < 1.29 is 9.59 Å². The minimum Gasteiger partial charge on any atom is -0.337 e. The van der Waals surface area contributed by atoms with Crippen LogP contribution < -0.4 is 5.32 Å². The molecule has 2 amide bonds. The van der Waals surface area contributed by atoms with Crippen LogP contribution >= 0.6 is 0 Å². The third-order valence-electron chi connectivity index (χ3n) is 5.89. The predicted molar refractivity (Wildman–Crippen MR) is 112 cm³/mol. The van der Waals surface area contributed by atoms with Gasteiger partial charge in [-0.05, 0) is 50.1 Å². The highest BCUT2D eigenvalue weighted by molar-refractivity contribution is 6.01. The monoisotopic (exact) mass is 382 g/mol. The number of nitrogens with zero attached hydrogens (tertiary/aromatic N) is 3. The maximum absolute atomic E-state index is 13.2. The first-order chi connectivity index (χ1) is 13.6. The molecule has 0 bridgehead atoms. The molecule has 28 heavy (non-hydrogen) atoms. The van der Waals surface area contributed by atoms with E-state index in [-0.39, 0.29) is 17.7 Å². The van der Waals surface area contributed by atoms with Gasteiger partial charge in [0.2, 0.25) is 5.91 Å². The second kappa shape index (κ2) is 7.95. The Morgan fingerprint density at radius 1 is 1.07 bits per heavy atom. The molecule has 1 aromatic carbocycles. The summed E-state index contributed by atoms with van der Waals surface area (Å²) in [5.74, 6) is 0.403. The molecular weight excluding hydrogens is 352 g/mol. The van der Waals surface area contributed by atoms with Crippen molar-refractivity contribution in [2.24, 2.45) is 5.92 Å². The van der Waals surface area contributed by atoms with Crippen molar-refractivity contribution in [3.63, 3.8) is 0 Å². The van der Waals surface area contributed by atoms with E-state index in [0.29, 0.717) is 0 Å². The molecule has 6 nitrogen and oxygen atoms in total. The average Bonchev–Trinajstić information content (AvgIpc) is 3.51. The largest absolute Gasteiger partial charge is 0.337 e. The van der Waals surface area contributed by atoms with Gasteiger partial charge in [0, 0.05) is 55.2 Å². The molecule has 2 aliphatic rings. The van der Waals surface area contributed by atoms with Crippen LogP contribution in [0.3, 0.4) is 0 Å². The predicted octanol–water partition coefficient (Wildman–Crippen LogP) is 3.18. The first-order valence-corrected chi connectivity index (χ1v) is 10.6. The average molecular weight is 383 g/mol. The quantitative estimate of drug-likeness (QED) is 0.835. The summed E-state index contributed by atoms with van der Waals surface area (Å²) in [6.45, 7) is 9.58. The summed E-state index contributed by atoms with van der Waals surface area (Å²) in [5, 5.41) is 4.02. The Morgan fingerprint density at radius 3 is 2.46 bits per heavy atom. The molecule has 1 aliphatic carbocycles. The van der Waals surface area contributed by atoms with Crippen LogP contribution in [0, 0.1) is 5.92 Å². The zero-order valence-corrected chi connectivity index (χ0v) is 16.9. The van der Waals surface area contributed by atoms with Gasteiger partial charge < -0.3 is 19.7 Å². The van der Waals surface area contributed by atoms with E-state index >= 15 is 0 Å². The van der Waals surface area contributed by atoms with Crippen LogP contribution in [-0.4, -0.2) is 58.9 Å². The van der Waals surface area contributed by atoms with Crippen LogP contribution in [0.15, 0.2) is 24.3 Å². The fourth-order valence-electron chi connectivity index (χ4n) is 4.01. The number of hydrogen-bond acceptors (Lipinski definition) is 3. The van der Waals surface area contributed by atoms with Crippen LogP contribution in [0.5, 0.6) is 0 Å². The summed E-state index contributed by atoms with van der Waals surface area (Å²) in [4.78, 5) is 29.7. The van der Waals surface area contributed by atoms with Crippen molar-refractivity contribution in [3.05, 3.63) is 30.0 Å². The summed E-state index contributed by atoms with van der Waals surface area (Å²) in [5.41, 5.74) is 2.63. The molecule has 150 valence electrons. The molecule has 1 N–H and O–H groups in total. The van der Waals surface area contributed by atoms with E-state index in [1.54, 1.807) is 0 Å². The molecule has 1 aromatic heterocycles. The highest BCUT2D eigenvalue weighted by Gasteiger charge is 2.30. The number of aryl methyl sites for hydroxylation is 1. The Labute approximate surface area is 166 Å². The van der Waals surface area contributed by atoms with Crippen LogP contribution in [0.1, 0.15) is 43.6 Å². The van der Waals surface area contributed by atoms with Gasteiger partial charge in [-0.25, -0.2) is 0 Å². The summed E-state index contributed by atoms with van der Waals surface area (Å²) in [6.07, 6.45) is 2.95. The number of anilines is 1. The van der Waals surface area contributed by atoms with Crippen LogP contribution in [0.2, 0.25) is 0 Å². The number of rotatable bonds is 6. The van der Waals surface area contributed by atoms with Gasteiger partial charge in [-0.15, -0.1) is 0 Å². The minimum absolute atomic E-state index is 0.109. The van der Waals surface area contributed by atoms with Crippen molar-refractivity contribution in [1.82, 2.24) is 14.4 Å². The number of piperazine rings is 1. The van der Waals surface area contributed by atoms with Gasteiger partial charge in [-0.1, -0.05) is 13.8 Å². The van der Waals surface area contributed by atoms with Gasteiger partial charge in [0.15, 0.2) is 0 Å². The summed E-state index contributed by atoms with van der Waals surface area (Å²) in [7, 11) is 0. The van der Waals surface area contributed by atoms with Gasteiger partial charge >= 0.3 is 0 Å². The third kappa shape index (κ3) is 3.78. The zero-order valence-electron chi connectivity index (χ0n) is 16.9. The number of fused-ring (bicyclic) bond motifs is 1. The molecule has 2 heterocycles. The second-order valence-corrected chi connectivity index (χ2v) is 7.94. The Bertz CT molecular complexity index is 876. The van der Waals surface area contributed by atoms with E-state index < -0.39 is 0 Å². The van der Waals surface area contributed by atoms with Gasteiger partial charge in [0.1, 0.15) is 5.69 Å². The molecule has 1 saturated carbocycles. The van der Waals surface area contributed by atoms with Crippen molar-refractivity contribution >= 4 is 28.4 Å². The molecule has 1 aliphatic heterocycles. The number of aromatic nitrogens is 1. The lowest BCUT2D eigenvalue weighted by atomic mass is 10.2. The highest BCUT2D eigenvalue weighted by Crippen LogP contribution is 2.31. The Morgan fingerprint density at radius 2 is 1.82 bits per heavy atom. The molecule has 2 aromatic rings. The molecule has 0 atom stereocenters. The smallest absolute Gasteiger partial charge is 0.270 e. The zero-order chi connectivity index (χ0) is 19.7. The first-order valence-electron chi connectivity index (χ1n) is 10.6. The molecule has 0 spiro atoms. The van der Waals surface area contributed by atoms with Gasteiger partial charge in [0.25, 0.3) is 5.91 Å². The lowest BCUT2D eigenvalue weighted by Crippen LogP contribution is -2.48. The fourth-order valence-corrected chi connectivity index (χ4v) is 4.01. The Hall–Kier alpha value is -2.34. The van der Waals surface area contributed by atoms with E-state index in [1.807, 2.05) is 29.2 Å². The number of carbonyl (C=O) groups is 2. The van der Waals surface area contributed by atoms with Crippen molar-refractivity contribution in [1.29, 1.82) is 0 Å². The van der Waals surface area contributed by atoms with E-state index in [2.05, 4.69) is 28.6 Å². The van der Waals surface area contributed by atoms with Crippen LogP contribution in [0.4, 0.5) is 5.69 Å². The number of carbonyl (C=O) groups excluding carboxylic acids is 2. The molecule has 2 fully saturated rings. The molecular formula is C22H30N4O2. The number of likely N-dealkylation sites (N-methyl/N-ethyl adjacent to an activating group) is 1. The Balaban J connectivity index is 1.60. The van der Waals surface area contributed by atoms with E-state index in [1.165, 1.54) is 0 Å². The van der Waals surface area contributed by atoms with Crippen molar-refractivity contribution in [2.75, 3.05) is 38.0 Å². The minimum atomic E-state index is 0.109. The van der Waals surface area contributed by atoms with Gasteiger partial charge in [-0.3, -0.25) is 9.59 Å². The molecule has 6 heteroatoms. The summed E-state index contributed by atoms with van der Waals surface area (Å²) >= 11 is 0. The lowest BCUT2D eigenvalue weighted by molar-refractivity contribution is -0.117. The topological polar surface area (TPSA) is 57.6 Å². The van der Waals surface area contributed by atoms with Gasteiger partial charge in [-0.2, -0.15) is 0 Å². The molecule has 0 unspecified atom stereocenters. The standard InChI is InChI=1S/C22H30N4O2/c1-3-9-26-19-8-7-18(23-21(27)16-5-6-16)14-17(19)15-20(26)22(28)25-12-10-24(4-2)11-13-25/h7-8,14-16H,3-6,9-13H2,1-2H3,(H,23,27). The number of benzene rings is 1. The maximum atomic E-state index is 13.2. The second-order valence-electron chi connectivity index (χ2n) is 7.94. The van der Waals surface area contributed by atoms with Gasteiger partial charge in [0.05, 0.1) is 0 Å². The normalized spacial score (nSPS) is 17.9. The SMILES string of the molecule is CCCn1c(C(=O)N2CCN(CC)CC2)cc2cc(NC(=O)C3CC3)ccc21. The lowest BCUT2D eigenvalue weighted by Gasteiger charge is -2.34. The Kier molecular flexibility index (Phi) is 5.40. The first kappa shape index (κ1) is 19.0. The molecule has 1 saturated heterocycles. The van der Waals surface area contributed by atoms with E-state index in [4.69, 9.17) is 0 Å². The van der Waals surface area contributed by atoms with Crippen molar-refractivity contribution in [3.8, 4) is 0 Å². The number of nitrogens with one attached hydrogen (secondary N) is 1. The van der Waals surface area contributed by atoms with Crippen LogP contribution in [-0.2, 0) is 11.3 Å². The molecule has 0 radical (unpaired) electrons. The van der Waals surface area contributed by atoms with E-state index in [9.17, 15) is 9.59 Å².